The molecule has 0 fully saturated rings. The van der Waals surface area contributed by atoms with Gasteiger partial charge in [0.15, 0.2) is 0 Å². The van der Waals surface area contributed by atoms with Gasteiger partial charge in [-0.1, -0.05) is 57.9 Å². The Balaban J connectivity index is 2.04. The highest BCUT2D eigenvalue weighted by atomic mass is 79.9. The number of hydrogen-bond acceptors (Lipinski definition) is 1. The van der Waals surface area contributed by atoms with Crippen LogP contribution in [0.2, 0.25) is 5.02 Å². The van der Waals surface area contributed by atoms with Gasteiger partial charge in [-0.2, -0.15) is 0 Å². The molecule has 1 atom stereocenters. The van der Waals surface area contributed by atoms with E-state index in [2.05, 4.69) is 69.8 Å². The van der Waals surface area contributed by atoms with E-state index < -0.39 is 0 Å². The molecule has 0 aliphatic carbocycles. The van der Waals surface area contributed by atoms with Gasteiger partial charge in [0.2, 0.25) is 0 Å². The molecule has 3 aromatic carbocycles. The molecule has 0 saturated carbocycles. The molecule has 1 unspecified atom stereocenters. The first kappa shape index (κ1) is 14.6. The molecule has 0 aromatic heterocycles. The van der Waals surface area contributed by atoms with Crippen molar-refractivity contribution in [2.24, 2.45) is 0 Å². The standard InChI is InChI=1S/C18H15BrClN/c1-21-18(12-5-8-17(20)9-6-12)15-3-2-14-11-16(19)7-4-13(14)10-15/h2-11,18,21H,1H3. The van der Waals surface area contributed by atoms with E-state index in [0.717, 1.165) is 9.50 Å². The van der Waals surface area contributed by atoms with E-state index in [1.54, 1.807) is 0 Å². The van der Waals surface area contributed by atoms with E-state index in [4.69, 9.17) is 11.6 Å². The zero-order chi connectivity index (χ0) is 14.8. The fourth-order valence-corrected chi connectivity index (χ4v) is 3.10. The van der Waals surface area contributed by atoms with Crippen LogP contribution in [-0.4, -0.2) is 7.05 Å². The molecule has 0 aliphatic rings. The third-order valence-electron chi connectivity index (χ3n) is 3.65. The van der Waals surface area contributed by atoms with Gasteiger partial charge in [-0.25, -0.2) is 0 Å². The van der Waals surface area contributed by atoms with Gasteiger partial charge in [0.1, 0.15) is 0 Å². The van der Waals surface area contributed by atoms with Crippen molar-refractivity contribution in [3.63, 3.8) is 0 Å². The molecule has 1 N–H and O–H groups in total. The molecule has 0 amide bonds. The van der Waals surface area contributed by atoms with E-state index in [-0.39, 0.29) is 6.04 Å². The van der Waals surface area contributed by atoms with Crippen LogP contribution < -0.4 is 5.32 Å². The van der Waals surface area contributed by atoms with Crippen molar-refractivity contribution < 1.29 is 0 Å². The smallest absolute Gasteiger partial charge is 0.0574 e. The Morgan fingerprint density at radius 1 is 0.857 bits per heavy atom. The molecule has 3 heteroatoms. The molecule has 0 bridgehead atoms. The summed E-state index contributed by atoms with van der Waals surface area (Å²) in [6, 6.07) is 21.1. The summed E-state index contributed by atoms with van der Waals surface area (Å²) in [5.74, 6) is 0. The molecule has 0 aliphatic heterocycles. The van der Waals surface area contributed by atoms with Crippen LogP contribution in [0.25, 0.3) is 10.8 Å². The molecule has 1 nitrogen and oxygen atoms in total. The maximum atomic E-state index is 5.97. The summed E-state index contributed by atoms with van der Waals surface area (Å²) in [6.45, 7) is 0. The van der Waals surface area contributed by atoms with E-state index in [1.807, 2.05) is 19.2 Å². The Morgan fingerprint density at radius 3 is 2.19 bits per heavy atom. The average molecular weight is 361 g/mol. The largest absolute Gasteiger partial charge is 0.309 e. The topological polar surface area (TPSA) is 12.0 Å². The molecule has 0 spiro atoms. The first-order valence-electron chi connectivity index (χ1n) is 6.79. The predicted octanol–water partition coefficient (Wildman–Crippen LogP) is 5.56. The van der Waals surface area contributed by atoms with Crippen LogP contribution in [0.5, 0.6) is 0 Å². The van der Waals surface area contributed by atoms with Gasteiger partial charge in [-0.05, 0) is 59.3 Å². The van der Waals surface area contributed by atoms with Gasteiger partial charge in [0.05, 0.1) is 6.04 Å². The molecule has 0 radical (unpaired) electrons. The average Bonchev–Trinajstić information content (AvgIpc) is 2.50. The summed E-state index contributed by atoms with van der Waals surface area (Å²) in [7, 11) is 1.98. The molecule has 0 heterocycles. The van der Waals surface area contributed by atoms with E-state index in [0.29, 0.717) is 0 Å². The lowest BCUT2D eigenvalue weighted by atomic mass is 9.96. The van der Waals surface area contributed by atoms with Crippen molar-refractivity contribution in [2.45, 2.75) is 6.04 Å². The summed E-state index contributed by atoms with van der Waals surface area (Å²) >= 11 is 9.49. The zero-order valence-corrected chi connectivity index (χ0v) is 13.9. The van der Waals surface area contributed by atoms with E-state index in [1.165, 1.54) is 21.9 Å². The molecular weight excluding hydrogens is 346 g/mol. The van der Waals surface area contributed by atoms with Crippen molar-refractivity contribution in [1.82, 2.24) is 5.32 Å². The first-order chi connectivity index (χ1) is 10.2. The highest BCUT2D eigenvalue weighted by Crippen LogP contribution is 2.27. The minimum Gasteiger partial charge on any atom is -0.309 e. The fraction of sp³-hybridized carbons (Fsp3) is 0.111. The number of fused-ring (bicyclic) bond motifs is 1. The summed E-state index contributed by atoms with van der Waals surface area (Å²) in [5, 5.41) is 6.61. The minimum absolute atomic E-state index is 0.162. The molecule has 106 valence electrons. The van der Waals surface area contributed by atoms with Crippen LogP contribution in [0.1, 0.15) is 17.2 Å². The Hall–Kier alpha value is -1.35. The van der Waals surface area contributed by atoms with Crippen molar-refractivity contribution in [1.29, 1.82) is 0 Å². The van der Waals surface area contributed by atoms with Gasteiger partial charge in [0, 0.05) is 9.50 Å². The third-order valence-corrected chi connectivity index (χ3v) is 4.40. The van der Waals surface area contributed by atoms with E-state index >= 15 is 0 Å². The number of nitrogens with one attached hydrogen (secondary N) is 1. The van der Waals surface area contributed by atoms with Crippen LogP contribution in [0, 0.1) is 0 Å². The predicted molar refractivity (Wildman–Crippen MR) is 94.0 cm³/mol. The van der Waals surface area contributed by atoms with Gasteiger partial charge < -0.3 is 5.32 Å². The SMILES string of the molecule is CNC(c1ccc(Cl)cc1)c1ccc2cc(Br)ccc2c1. The monoisotopic (exact) mass is 359 g/mol. The first-order valence-corrected chi connectivity index (χ1v) is 7.96. The molecule has 21 heavy (non-hydrogen) atoms. The fourth-order valence-electron chi connectivity index (χ4n) is 2.60. The lowest BCUT2D eigenvalue weighted by molar-refractivity contribution is 0.693. The quantitative estimate of drug-likeness (QED) is 0.644. The summed E-state index contributed by atoms with van der Waals surface area (Å²) < 4.78 is 1.10. The van der Waals surface area contributed by atoms with Gasteiger partial charge >= 0.3 is 0 Å². The maximum Gasteiger partial charge on any atom is 0.0574 e. The number of halogens is 2. The van der Waals surface area contributed by atoms with Gasteiger partial charge in [-0.15, -0.1) is 0 Å². The molecule has 0 saturated heterocycles. The number of benzene rings is 3. The van der Waals surface area contributed by atoms with Gasteiger partial charge in [-0.3, -0.25) is 0 Å². The van der Waals surface area contributed by atoms with Crippen LogP contribution in [0.15, 0.2) is 65.1 Å². The van der Waals surface area contributed by atoms with Crippen molar-refractivity contribution in [3.8, 4) is 0 Å². The van der Waals surface area contributed by atoms with Crippen molar-refractivity contribution in [3.05, 3.63) is 81.3 Å². The molecule has 3 rings (SSSR count). The maximum absolute atomic E-state index is 5.97. The normalized spacial score (nSPS) is 12.5. The Bertz CT molecular complexity index is 768. The Kier molecular flexibility index (Phi) is 4.29. The van der Waals surface area contributed by atoms with Crippen LogP contribution in [-0.2, 0) is 0 Å². The summed E-state index contributed by atoms with van der Waals surface area (Å²) in [6.07, 6.45) is 0. The number of hydrogen-bond donors (Lipinski definition) is 1. The van der Waals surface area contributed by atoms with Gasteiger partial charge in [0.25, 0.3) is 0 Å². The molecular formula is C18H15BrClN. The second kappa shape index (κ2) is 6.18. The lowest BCUT2D eigenvalue weighted by Crippen LogP contribution is -2.17. The Labute approximate surface area is 138 Å². The van der Waals surface area contributed by atoms with Crippen LogP contribution in [0.3, 0.4) is 0 Å². The second-order valence-corrected chi connectivity index (χ2v) is 6.38. The van der Waals surface area contributed by atoms with Crippen LogP contribution >= 0.6 is 27.5 Å². The lowest BCUT2D eigenvalue weighted by Gasteiger charge is -2.18. The minimum atomic E-state index is 0.162. The Morgan fingerprint density at radius 2 is 1.48 bits per heavy atom. The highest BCUT2D eigenvalue weighted by Gasteiger charge is 2.12. The third kappa shape index (κ3) is 3.13. The van der Waals surface area contributed by atoms with Crippen LogP contribution in [0.4, 0.5) is 0 Å². The summed E-state index contributed by atoms with van der Waals surface area (Å²) in [4.78, 5) is 0. The molecule has 3 aromatic rings. The zero-order valence-electron chi connectivity index (χ0n) is 11.6. The van der Waals surface area contributed by atoms with Crippen molar-refractivity contribution in [2.75, 3.05) is 7.05 Å². The van der Waals surface area contributed by atoms with Crippen molar-refractivity contribution >= 4 is 38.3 Å². The highest BCUT2D eigenvalue weighted by molar-refractivity contribution is 9.10. The van der Waals surface area contributed by atoms with E-state index in [9.17, 15) is 0 Å². The number of rotatable bonds is 3. The summed E-state index contributed by atoms with van der Waals surface area (Å²) in [5.41, 5.74) is 2.45. The second-order valence-electron chi connectivity index (χ2n) is 5.02.